The lowest BCUT2D eigenvalue weighted by Gasteiger charge is -2.41. The van der Waals surface area contributed by atoms with Crippen LogP contribution in [0.1, 0.15) is 156 Å². The van der Waals surface area contributed by atoms with Crippen molar-refractivity contribution < 1.29 is 31.4 Å². The van der Waals surface area contributed by atoms with E-state index in [0.29, 0.717) is 10.9 Å². The molecular weight excluding hydrogens is 538 g/mol. The monoisotopic (exact) mass is 606 g/mol. The molecular formula is C33H68NO6S+. The van der Waals surface area contributed by atoms with Crippen LogP contribution in [0.5, 0.6) is 0 Å². The van der Waals surface area contributed by atoms with Crippen LogP contribution in [0.4, 0.5) is 0 Å². The molecule has 0 N–H and O–H groups in total. The summed E-state index contributed by atoms with van der Waals surface area (Å²) in [5.74, 6) is -0.190. The number of hydrogen-bond donors (Lipinski definition) is 0. The van der Waals surface area contributed by atoms with Gasteiger partial charge in [0, 0.05) is 6.42 Å². The predicted octanol–water partition coefficient (Wildman–Crippen LogP) is 8.55. The van der Waals surface area contributed by atoms with Crippen LogP contribution in [0.25, 0.3) is 0 Å². The summed E-state index contributed by atoms with van der Waals surface area (Å²) in [5.41, 5.74) is 0. The average Bonchev–Trinajstić information content (AvgIpc) is 2.94. The first kappa shape index (κ1) is 40.3. The van der Waals surface area contributed by atoms with E-state index in [-0.39, 0.29) is 25.8 Å². The highest BCUT2D eigenvalue weighted by atomic mass is 32.2. The molecule has 0 spiro atoms. The maximum atomic E-state index is 12.0. The van der Waals surface area contributed by atoms with Gasteiger partial charge < -0.3 is 9.47 Å². The van der Waals surface area contributed by atoms with E-state index in [1.165, 1.54) is 109 Å². The number of unbranched alkanes of at least 4 members (excludes halogenated alkanes) is 18. The minimum Gasteiger partial charge on any atom is -0.463 e. The Bertz CT molecular complexity index is 688. The van der Waals surface area contributed by atoms with Crippen molar-refractivity contribution >= 4 is 16.1 Å². The van der Waals surface area contributed by atoms with Crippen molar-refractivity contribution in [1.82, 2.24) is 0 Å². The maximum absolute atomic E-state index is 12.0. The number of quaternary nitrogens is 1. The van der Waals surface area contributed by atoms with Gasteiger partial charge in [-0.15, -0.1) is 0 Å². The van der Waals surface area contributed by atoms with Crippen molar-refractivity contribution in [1.29, 1.82) is 0 Å². The zero-order valence-electron chi connectivity index (χ0n) is 27.8. The third-order valence-corrected chi connectivity index (χ3v) is 9.09. The second-order valence-corrected chi connectivity index (χ2v) is 13.4. The first-order chi connectivity index (χ1) is 19.7. The van der Waals surface area contributed by atoms with Crippen LogP contribution in [-0.2, 0) is 28.6 Å². The highest BCUT2D eigenvalue weighted by Crippen LogP contribution is 2.18. The van der Waals surface area contributed by atoms with Crippen molar-refractivity contribution in [3.63, 3.8) is 0 Å². The van der Waals surface area contributed by atoms with Crippen LogP contribution in [0.3, 0.4) is 0 Å². The van der Waals surface area contributed by atoms with Crippen LogP contribution in [-0.4, -0.2) is 70.8 Å². The topological polar surface area (TPSA) is 78.9 Å². The summed E-state index contributed by atoms with van der Waals surface area (Å²) >= 11 is 0. The number of carbonyl (C=O) groups is 1. The maximum Gasteiger partial charge on any atom is 0.305 e. The summed E-state index contributed by atoms with van der Waals surface area (Å²) in [6, 6.07) is 0. The Balaban J connectivity index is 3.64. The van der Waals surface area contributed by atoms with Gasteiger partial charge in [0.2, 0.25) is 6.23 Å². The van der Waals surface area contributed by atoms with Crippen molar-refractivity contribution in [2.45, 2.75) is 162 Å². The predicted molar refractivity (Wildman–Crippen MR) is 171 cm³/mol. The number of rotatable bonds is 31. The van der Waals surface area contributed by atoms with Gasteiger partial charge in [0.15, 0.2) is 0 Å². The lowest BCUT2D eigenvalue weighted by molar-refractivity contribution is -0.964. The molecule has 0 rings (SSSR count). The van der Waals surface area contributed by atoms with Gasteiger partial charge in [0.05, 0.1) is 32.5 Å². The molecule has 0 aliphatic carbocycles. The van der Waals surface area contributed by atoms with Gasteiger partial charge >= 0.3 is 5.97 Å². The second kappa shape index (κ2) is 26.9. The molecule has 0 radical (unpaired) electrons. The minimum absolute atomic E-state index is 0.138. The Morgan fingerprint density at radius 2 is 1.00 bits per heavy atom. The molecule has 0 saturated heterocycles. The molecule has 8 heteroatoms. The van der Waals surface area contributed by atoms with Crippen LogP contribution >= 0.6 is 0 Å². The Hall–Kier alpha value is -0.700. The second-order valence-electron chi connectivity index (χ2n) is 11.8. The smallest absolute Gasteiger partial charge is 0.305 e. The van der Waals surface area contributed by atoms with Crippen molar-refractivity contribution in [3.05, 3.63) is 0 Å². The summed E-state index contributed by atoms with van der Waals surface area (Å²) in [7, 11) is -3.61. The molecule has 0 aromatic carbocycles. The van der Waals surface area contributed by atoms with Crippen molar-refractivity contribution in [2.24, 2.45) is 0 Å². The number of hydrogen-bond acceptors (Lipinski definition) is 6. The molecule has 41 heavy (non-hydrogen) atoms. The summed E-state index contributed by atoms with van der Waals surface area (Å²) < 4.78 is 40.3. The average molecular weight is 607 g/mol. The van der Waals surface area contributed by atoms with E-state index in [1.807, 2.05) is 20.8 Å². The fourth-order valence-corrected chi connectivity index (χ4v) is 6.22. The number of nitrogens with zero attached hydrogens (tertiary/aromatic N) is 1. The normalized spacial score (nSPS) is 13.0. The molecule has 1 unspecified atom stereocenters. The highest BCUT2D eigenvalue weighted by Gasteiger charge is 2.36. The summed E-state index contributed by atoms with van der Waals surface area (Å²) in [4.78, 5) is 12.0. The van der Waals surface area contributed by atoms with Gasteiger partial charge in [-0.05, 0) is 27.2 Å². The molecule has 0 saturated carbocycles. The standard InChI is InChI=1S/C33H68NO6S/c1-6-10-11-12-13-14-15-16-17-18-19-20-21-22-23-24-25-26-27-28-33(35)39-30-29-38-31-32(40-41(5,36)37)34(7-2,8-3)9-4/h32H,6-31H2,1-5H3/q+1. The van der Waals surface area contributed by atoms with E-state index < -0.39 is 16.3 Å². The third kappa shape index (κ3) is 23.4. The Morgan fingerprint density at radius 1 is 0.610 bits per heavy atom. The highest BCUT2D eigenvalue weighted by molar-refractivity contribution is 7.86. The fourth-order valence-electron chi connectivity index (χ4n) is 5.58. The van der Waals surface area contributed by atoms with Gasteiger partial charge in [-0.3, -0.25) is 9.28 Å². The molecule has 0 fully saturated rings. The first-order valence-electron chi connectivity index (χ1n) is 17.2. The van der Waals surface area contributed by atoms with E-state index in [2.05, 4.69) is 6.92 Å². The molecule has 7 nitrogen and oxygen atoms in total. The number of esters is 1. The summed E-state index contributed by atoms with van der Waals surface area (Å²) in [6.45, 7) is 11.1. The van der Waals surface area contributed by atoms with Crippen molar-refractivity contribution in [3.8, 4) is 0 Å². The van der Waals surface area contributed by atoms with E-state index in [1.54, 1.807) is 0 Å². The molecule has 0 aliphatic heterocycles. The Labute approximate surface area is 255 Å². The van der Waals surface area contributed by atoms with Gasteiger partial charge in [-0.2, -0.15) is 8.42 Å². The minimum atomic E-state index is -3.61. The number of carbonyl (C=O) groups excluding carboxylic acids is 1. The van der Waals surface area contributed by atoms with Gasteiger partial charge in [0.25, 0.3) is 10.1 Å². The Morgan fingerprint density at radius 3 is 1.37 bits per heavy atom. The zero-order valence-corrected chi connectivity index (χ0v) is 28.6. The SMILES string of the molecule is CCCCCCCCCCCCCCCCCCCCCC(=O)OCCOCC(OS(C)(=O)=O)[N+](CC)(CC)CC. The molecule has 0 heterocycles. The zero-order chi connectivity index (χ0) is 30.7. The molecule has 0 aromatic heterocycles. The number of likely N-dealkylation sites (N-methyl/N-ethyl adjacent to an activating group) is 1. The van der Waals surface area contributed by atoms with Crippen LogP contribution in [0, 0.1) is 0 Å². The van der Waals surface area contributed by atoms with Gasteiger partial charge in [-0.1, -0.05) is 122 Å². The largest absolute Gasteiger partial charge is 0.463 e. The van der Waals surface area contributed by atoms with E-state index in [4.69, 9.17) is 13.7 Å². The first-order valence-corrected chi connectivity index (χ1v) is 19.0. The molecule has 0 aromatic rings. The van der Waals surface area contributed by atoms with Gasteiger partial charge in [0.1, 0.15) is 13.2 Å². The van der Waals surface area contributed by atoms with Crippen LogP contribution in [0.15, 0.2) is 0 Å². The molecule has 246 valence electrons. The molecule has 0 amide bonds. The summed E-state index contributed by atoms with van der Waals surface area (Å²) in [5, 5.41) is 0. The molecule has 0 bridgehead atoms. The lowest BCUT2D eigenvalue weighted by Crippen LogP contribution is -2.58. The van der Waals surface area contributed by atoms with Gasteiger partial charge in [-0.25, -0.2) is 4.18 Å². The Kier molecular flexibility index (Phi) is 26.4. The van der Waals surface area contributed by atoms with E-state index >= 15 is 0 Å². The van der Waals surface area contributed by atoms with Crippen molar-refractivity contribution in [2.75, 3.05) is 45.7 Å². The van der Waals surface area contributed by atoms with E-state index in [0.717, 1.165) is 38.7 Å². The van der Waals surface area contributed by atoms with Crippen LogP contribution < -0.4 is 0 Å². The molecule has 0 aliphatic rings. The fraction of sp³-hybridized carbons (Fsp3) is 0.970. The van der Waals surface area contributed by atoms with E-state index in [9.17, 15) is 13.2 Å². The third-order valence-electron chi connectivity index (χ3n) is 8.52. The summed E-state index contributed by atoms with van der Waals surface area (Å²) in [6.07, 6.45) is 26.2. The molecule has 1 atom stereocenters. The quantitative estimate of drug-likeness (QED) is 0.0259. The lowest BCUT2D eigenvalue weighted by atomic mass is 10.0. The van der Waals surface area contributed by atoms with Crippen LogP contribution in [0.2, 0.25) is 0 Å². The number of ether oxygens (including phenoxy) is 2.